The normalized spacial score (nSPS) is 23.1. The molecule has 2 nitrogen and oxygen atoms in total. The molecule has 0 heterocycles. The van der Waals surface area contributed by atoms with Crippen molar-refractivity contribution in [3.63, 3.8) is 0 Å². The van der Waals surface area contributed by atoms with Gasteiger partial charge in [-0.15, -0.1) is 0 Å². The number of hydrogen-bond acceptors (Lipinski definition) is 2. The van der Waals surface area contributed by atoms with E-state index in [0.717, 1.165) is 50.2 Å². The van der Waals surface area contributed by atoms with Crippen LogP contribution in [0.4, 0.5) is 0 Å². The van der Waals surface area contributed by atoms with Gasteiger partial charge in [-0.3, -0.25) is 0 Å². The van der Waals surface area contributed by atoms with Crippen molar-refractivity contribution >= 4 is 0 Å². The molecule has 1 rings (SSSR count). The van der Waals surface area contributed by atoms with E-state index in [1.807, 2.05) is 13.2 Å². The van der Waals surface area contributed by atoms with E-state index in [4.69, 9.17) is 4.74 Å². The van der Waals surface area contributed by atoms with E-state index in [1.54, 1.807) is 0 Å². The predicted molar refractivity (Wildman–Crippen MR) is 127 cm³/mol. The Balaban J connectivity index is 2.25. The highest BCUT2D eigenvalue weighted by Crippen LogP contribution is 2.32. The maximum Gasteiger partial charge on any atom is 0.110 e. The Morgan fingerprint density at radius 1 is 1.10 bits per heavy atom. The average Bonchev–Trinajstić information content (AvgIpc) is 2.64. The standard InChI is InChI=1S/C27H48O2/c1-8-25-17-16-23(5)24(6)26(25)29-20-10-9-14-22(4)15-12-19-27(7,28)18-11-13-21(2)3/h10,16-17,20-24,28H,8-9,11-15,18-19H2,1-7H3/b20-10+. The van der Waals surface area contributed by atoms with Gasteiger partial charge in [0, 0.05) is 5.92 Å². The molecule has 0 saturated carbocycles. The van der Waals surface area contributed by atoms with Crippen LogP contribution in [-0.4, -0.2) is 10.7 Å². The molecule has 0 spiro atoms. The summed E-state index contributed by atoms with van der Waals surface area (Å²) in [5, 5.41) is 10.6. The molecule has 0 aromatic rings. The highest BCUT2D eigenvalue weighted by atomic mass is 16.5. The van der Waals surface area contributed by atoms with Crippen LogP contribution in [0.25, 0.3) is 0 Å². The van der Waals surface area contributed by atoms with Crippen molar-refractivity contribution in [2.24, 2.45) is 23.7 Å². The molecule has 0 aliphatic heterocycles. The van der Waals surface area contributed by atoms with Gasteiger partial charge in [-0.1, -0.05) is 79.4 Å². The van der Waals surface area contributed by atoms with E-state index < -0.39 is 5.60 Å². The summed E-state index contributed by atoms with van der Waals surface area (Å²) in [5.41, 5.74) is 0.837. The first-order valence-electron chi connectivity index (χ1n) is 12.1. The van der Waals surface area contributed by atoms with Crippen LogP contribution in [0, 0.1) is 23.7 Å². The number of allylic oxidation sites excluding steroid dienone is 5. The second kappa shape index (κ2) is 13.3. The van der Waals surface area contributed by atoms with Crippen molar-refractivity contribution in [1.82, 2.24) is 0 Å². The highest BCUT2D eigenvalue weighted by molar-refractivity contribution is 5.29. The molecule has 0 fully saturated rings. The second-order valence-electron chi connectivity index (χ2n) is 10.1. The number of ether oxygens (including phenoxy) is 1. The zero-order chi connectivity index (χ0) is 21.9. The monoisotopic (exact) mass is 404 g/mol. The lowest BCUT2D eigenvalue weighted by Gasteiger charge is -2.25. The molecule has 0 bridgehead atoms. The minimum atomic E-state index is -0.491. The van der Waals surface area contributed by atoms with Gasteiger partial charge in [0.05, 0.1) is 11.9 Å². The molecule has 0 aromatic carbocycles. The van der Waals surface area contributed by atoms with Crippen molar-refractivity contribution in [3.8, 4) is 0 Å². The maximum atomic E-state index is 10.6. The van der Waals surface area contributed by atoms with Gasteiger partial charge in [-0.05, 0) is 68.4 Å². The fourth-order valence-corrected chi connectivity index (χ4v) is 4.09. The lowest BCUT2D eigenvalue weighted by atomic mass is 9.86. The summed E-state index contributed by atoms with van der Waals surface area (Å²) < 4.78 is 6.05. The molecule has 4 unspecified atom stereocenters. The molecule has 1 aliphatic rings. The minimum absolute atomic E-state index is 0.451. The predicted octanol–water partition coefficient (Wildman–Crippen LogP) is 8.19. The third-order valence-corrected chi connectivity index (χ3v) is 6.53. The zero-order valence-corrected chi connectivity index (χ0v) is 20.3. The molecule has 29 heavy (non-hydrogen) atoms. The topological polar surface area (TPSA) is 29.5 Å². The quantitative estimate of drug-likeness (QED) is 0.296. The molecule has 1 aliphatic carbocycles. The summed E-state index contributed by atoms with van der Waals surface area (Å²) in [6.45, 7) is 15.6. The molecular weight excluding hydrogens is 356 g/mol. The summed E-state index contributed by atoms with van der Waals surface area (Å²) in [4.78, 5) is 0. The zero-order valence-electron chi connectivity index (χ0n) is 20.3. The molecule has 168 valence electrons. The highest BCUT2D eigenvalue weighted by Gasteiger charge is 2.22. The maximum absolute atomic E-state index is 10.6. The fourth-order valence-electron chi connectivity index (χ4n) is 4.09. The molecule has 4 atom stereocenters. The van der Waals surface area contributed by atoms with E-state index in [9.17, 15) is 5.11 Å². The van der Waals surface area contributed by atoms with Crippen molar-refractivity contribution in [1.29, 1.82) is 0 Å². The van der Waals surface area contributed by atoms with E-state index in [1.165, 1.54) is 24.8 Å². The second-order valence-corrected chi connectivity index (χ2v) is 10.1. The Morgan fingerprint density at radius 3 is 2.38 bits per heavy atom. The average molecular weight is 405 g/mol. The Bertz CT molecular complexity index is 539. The SMILES string of the molecule is CCC1=C(O/C=C/CCC(C)CCCC(C)(O)CCCC(C)C)C(C)C(C)C=C1. The summed E-state index contributed by atoms with van der Waals surface area (Å²) >= 11 is 0. The van der Waals surface area contributed by atoms with Crippen molar-refractivity contribution < 1.29 is 9.84 Å². The van der Waals surface area contributed by atoms with Gasteiger partial charge >= 0.3 is 0 Å². The molecule has 0 aromatic heterocycles. The van der Waals surface area contributed by atoms with Crippen LogP contribution >= 0.6 is 0 Å². The molecule has 0 saturated heterocycles. The molecular formula is C27H48O2. The van der Waals surface area contributed by atoms with Crippen LogP contribution in [0.1, 0.15) is 106 Å². The van der Waals surface area contributed by atoms with Gasteiger partial charge in [-0.25, -0.2) is 0 Å². The lowest BCUT2D eigenvalue weighted by Crippen LogP contribution is -2.24. The third-order valence-electron chi connectivity index (χ3n) is 6.53. The Hall–Kier alpha value is -1.02. The molecule has 0 amide bonds. The van der Waals surface area contributed by atoms with Crippen LogP contribution in [-0.2, 0) is 4.74 Å². The molecule has 0 radical (unpaired) electrons. The Morgan fingerprint density at radius 2 is 1.76 bits per heavy atom. The van der Waals surface area contributed by atoms with Gasteiger partial charge in [-0.2, -0.15) is 0 Å². The molecule has 2 heteroatoms. The first kappa shape index (κ1) is 26.0. The minimum Gasteiger partial charge on any atom is -0.469 e. The van der Waals surface area contributed by atoms with Crippen LogP contribution in [0.2, 0.25) is 0 Å². The van der Waals surface area contributed by atoms with Gasteiger partial charge < -0.3 is 9.84 Å². The lowest BCUT2D eigenvalue weighted by molar-refractivity contribution is 0.0351. The van der Waals surface area contributed by atoms with Crippen molar-refractivity contribution in [2.45, 2.75) is 112 Å². The van der Waals surface area contributed by atoms with Gasteiger partial charge in [0.25, 0.3) is 0 Å². The third kappa shape index (κ3) is 10.5. The van der Waals surface area contributed by atoms with Crippen molar-refractivity contribution in [2.75, 3.05) is 0 Å². The summed E-state index contributed by atoms with van der Waals surface area (Å²) in [5.74, 6) is 3.55. The van der Waals surface area contributed by atoms with E-state index >= 15 is 0 Å². The summed E-state index contributed by atoms with van der Waals surface area (Å²) in [6.07, 6.45) is 18.4. The van der Waals surface area contributed by atoms with E-state index in [2.05, 4.69) is 59.8 Å². The van der Waals surface area contributed by atoms with E-state index in [-0.39, 0.29) is 0 Å². The largest absolute Gasteiger partial charge is 0.469 e. The van der Waals surface area contributed by atoms with E-state index in [0.29, 0.717) is 17.8 Å². The van der Waals surface area contributed by atoms with Gasteiger partial charge in [0.2, 0.25) is 0 Å². The number of rotatable bonds is 14. The summed E-state index contributed by atoms with van der Waals surface area (Å²) in [7, 11) is 0. The smallest absolute Gasteiger partial charge is 0.110 e. The van der Waals surface area contributed by atoms with Gasteiger partial charge in [0.15, 0.2) is 0 Å². The van der Waals surface area contributed by atoms with Gasteiger partial charge in [0.1, 0.15) is 5.76 Å². The first-order chi connectivity index (χ1) is 13.7. The van der Waals surface area contributed by atoms with Crippen LogP contribution in [0.5, 0.6) is 0 Å². The van der Waals surface area contributed by atoms with Crippen LogP contribution in [0.3, 0.4) is 0 Å². The van der Waals surface area contributed by atoms with Crippen LogP contribution in [0.15, 0.2) is 35.8 Å². The Kier molecular flexibility index (Phi) is 11.9. The number of aliphatic hydroxyl groups is 1. The summed E-state index contributed by atoms with van der Waals surface area (Å²) in [6, 6.07) is 0. The fraction of sp³-hybridized carbons (Fsp3) is 0.778. The van der Waals surface area contributed by atoms with Crippen LogP contribution < -0.4 is 0 Å². The molecule has 1 N–H and O–H groups in total. The number of hydrogen-bond donors (Lipinski definition) is 1. The van der Waals surface area contributed by atoms with Crippen molar-refractivity contribution in [3.05, 3.63) is 35.8 Å². The Labute approximate surface area is 181 Å². The first-order valence-corrected chi connectivity index (χ1v) is 12.1.